The number of carbonyl (C=O) groups is 1. The largest absolute Gasteiger partial charge is 0.343 e. The van der Waals surface area contributed by atoms with Gasteiger partial charge in [0.1, 0.15) is 0 Å². The van der Waals surface area contributed by atoms with Crippen LogP contribution in [0.15, 0.2) is 22.7 Å². The Kier molecular flexibility index (Phi) is 9.52. The lowest BCUT2D eigenvalue weighted by Crippen LogP contribution is -2.40. The molecule has 23 heavy (non-hydrogen) atoms. The van der Waals surface area contributed by atoms with Crippen LogP contribution in [0.5, 0.6) is 0 Å². The smallest absolute Gasteiger partial charge is 0.222 e. The summed E-state index contributed by atoms with van der Waals surface area (Å²) in [6, 6.07) is 5.72. The van der Waals surface area contributed by atoms with Gasteiger partial charge in [-0.1, -0.05) is 34.5 Å². The molecule has 0 atom stereocenters. The zero-order valence-corrected chi connectivity index (χ0v) is 16.6. The Bertz CT molecular complexity index is 505. The van der Waals surface area contributed by atoms with E-state index in [1.54, 1.807) is 0 Å². The lowest BCUT2D eigenvalue weighted by Gasteiger charge is -2.32. The Morgan fingerprint density at radius 2 is 2.09 bits per heavy atom. The lowest BCUT2D eigenvalue weighted by molar-refractivity contribution is -0.132. The van der Waals surface area contributed by atoms with Gasteiger partial charge in [-0.2, -0.15) is 0 Å². The molecule has 0 spiro atoms. The Morgan fingerprint density at radius 1 is 1.39 bits per heavy atom. The molecule has 3 nitrogen and oxygen atoms in total. The summed E-state index contributed by atoms with van der Waals surface area (Å²) in [7, 11) is 0. The van der Waals surface area contributed by atoms with E-state index in [4.69, 9.17) is 11.6 Å². The molecule has 0 aromatic heterocycles. The Labute approximate surface area is 158 Å². The molecule has 0 bridgehead atoms. The SMILES string of the molecule is CCNCC1CCN(C(=O)CCc2cc(Cl)ccc2Br)CC1.Cl. The number of piperidine rings is 1. The van der Waals surface area contributed by atoms with Crippen LogP contribution in [-0.4, -0.2) is 37.0 Å². The molecule has 2 rings (SSSR count). The van der Waals surface area contributed by atoms with Crippen molar-refractivity contribution in [1.29, 1.82) is 0 Å². The van der Waals surface area contributed by atoms with Crippen molar-refractivity contribution < 1.29 is 4.79 Å². The number of hydrogen-bond donors (Lipinski definition) is 1. The summed E-state index contributed by atoms with van der Waals surface area (Å²) in [6.07, 6.45) is 3.51. The minimum absolute atomic E-state index is 0. The average molecular weight is 424 g/mol. The fourth-order valence-corrected chi connectivity index (χ4v) is 3.51. The molecule has 1 aliphatic heterocycles. The molecule has 0 radical (unpaired) electrons. The normalized spacial score (nSPS) is 15.3. The maximum absolute atomic E-state index is 12.4. The third kappa shape index (κ3) is 6.61. The monoisotopic (exact) mass is 422 g/mol. The quantitative estimate of drug-likeness (QED) is 0.739. The number of halogens is 3. The predicted molar refractivity (Wildman–Crippen MR) is 103 cm³/mol. The molecule has 0 unspecified atom stereocenters. The van der Waals surface area contributed by atoms with Crippen molar-refractivity contribution in [3.63, 3.8) is 0 Å². The number of nitrogens with zero attached hydrogens (tertiary/aromatic N) is 1. The van der Waals surface area contributed by atoms with Gasteiger partial charge in [-0.3, -0.25) is 4.79 Å². The fourth-order valence-electron chi connectivity index (χ4n) is 2.87. The highest BCUT2D eigenvalue weighted by atomic mass is 79.9. The van der Waals surface area contributed by atoms with Gasteiger partial charge in [-0.15, -0.1) is 12.4 Å². The first-order valence-corrected chi connectivity index (χ1v) is 9.19. The second kappa shape index (κ2) is 10.5. The number of aryl methyl sites for hydroxylation is 1. The fraction of sp³-hybridized carbons (Fsp3) is 0.588. The van der Waals surface area contributed by atoms with E-state index in [-0.39, 0.29) is 18.3 Å². The topological polar surface area (TPSA) is 32.3 Å². The number of likely N-dealkylation sites (tertiary alicyclic amines) is 1. The van der Waals surface area contributed by atoms with Crippen LogP contribution in [0.25, 0.3) is 0 Å². The summed E-state index contributed by atoms with van der Waals surface area (Å²) in [5, 5.41) is 4.12. The van der Waals surface area contributed by atoms with Crippen molar-refractivity contribution in [2.24, 2.45) is 5.92 Å². The highest BCUT2D eigenvalue weighted by Gasteiger charge is 2.22. The zero-order chi connectivity index (χ0) is 15.9. The van der Waals surface area contributed by atoms with Crippen LogP contribution in [0.1, 0.15) is 31.7 Å². The van der Waals surface area contributed by atoms with E-state index >= 15 is 0 Å². The molecule has 1 heterocycles. The second-order valence-corrected chi connectivity index (χ2v) is 7.16. The molecule has 6 heteroatoms. The third-order valence-corrected chi connectivity index (χ3v) is 5.27. The van der Waals surface area contributed by atoms with Crippen LogP contribution in [0, 0.1) is 5.92 Å². The van der Waals surface area contributed by atoms with Crippen LogP contribution in [0.4, 0.5) is 0 Å². The first kappa shape index (κ1) is 20.8. The van der Waals surface area contributed by atoms with Gasteiger partial charge in [0.15, 0.2) is 0 Å². The molecule has 1 aliphatic rings. The van der Waals surface area contributed by atoms with E-state index < -0.39 is 0 Å². The Morgan fingerprint density at radius 3 is 2.74 bits per heavy atom. The maximum atomic E-state index is 12.4. The van der Waals surface area contributed by atoms with Gasteiger partial charge in [-0.05, 0) is 62.0 Å². The average Bonchev–Trinajstić information content (AvgIpc) is 2.54. The highest BCUT2D eigenvalue weighted by molar-refractivity contribution is 9.10. The summed E-state index contributed by atoms with van der Waals surface area (Å²) in [5.74, 6) is 0.972. The molecule has 1 amide bonds. The van der Waals surface area contributed by atoms with Crippen LogP contribution < -0.4 is 5.32 Å². The van der Waals surface area contributed by atoms with E-state index in [9.17, 15) is 4.79 Å². The van der Waals surface area contributed by atoms with Crippen molar-refractivity contribution >= 4 is 45.8 Å². The third-order valence-electron chi connectivity index (χ3n) is 4.27. The van der Waals surface area contributed by atoms with Crippen molar-refractivity contribution in [2.45, 2.75) is 32.6 Å². The number of nitrogens with one attached hydrogen (secondary N) is 1. The number of amides is 1. The summed E-state index contributed by atoms with van der Waals surface area (Å²) >= 11 is 9.53. The van der Waals surface area contributed by atoms with Crippen LogP contribution in [0.2, 0.25) is 5.02 Å². The van der Waals surface area contributed by atoms with Crippen LogP contribution >= 0.6 is 39.9 Å². The van der Waals surface area contributed by atoms with Gasteiger partial charge in [0.25, 0.3) is 0 Å². The van der Waals surface area contributed by atoms with E-state index in [1.165, 1.54) is 0 Å². The van der Waals surface area contributed by atoms with E-state index in [1.807, 2.05) is 23.1 Å². The molecule has 1 aromatic rings. The summed E-state index contributed by atoms with van der Waals surface area (Å²) in [6.45, 7) is 6.02. The van der Waals surface area contributed by atoms with Crippen molar-refractivity contribution in [1.82, 2.24) is 10.2 Å². The number of rotatable bonds is 6. The molecule has 0 aliphatic carbocycles. The van der Waals surface area contributed by atoms with E-state index in [0.717, 1.165) is 60.5 Å². The minimum atomic E-state index is 0. The molecule has 0 saturated carbocycles. The first-order chi connectivity index (χ1) is 10.6. The van der Waals surface area contributed by atoms with Gasteiger partial charge in [0.2, 0.25) is 5.91 Å². The molecule has 1 fully saturated rings. The number of hydrogen-bond acceptors (Lipinski definition) is 2. The van der Waals surface area contributed by atoms with Gasteiger partial charge < -0.3 is 10.2 Å². The zero-order valence-electron chi connectivity index (χ0n) is 13.5. The van der Waals surface area contributed by atoms with Gasteiger partial charge in [0.05, 0.1) is 0 Å². The standard InChI is InChI=1S/C17H24BrClN2O.ClH/c1-2-20-12-13-7-9-21(10-8-13)17(22)6-3-14-11-15(19)4-5-16(14)18;/h4-5,11,13,20H,2-3,6-10,12H2,1H3;1H. The first-order valence-electron chi connectivity index (χ1n) is 8.02. The van der Waals surface area contributed by atoms with Crippen LogP contribution in [-0.2, 0) is 11.2 Å². The summed E-state index contributed by atoms with van der Waals surface area (Å²) in [4.78, 5) is 14.4. The molecule has 130 valence electrons. The molecule has 1 N–H and O–H groups in total. The van der Waals surface area contributed by atoms with Gasteiger partial charge >= 0.3 is 0 Å². The minimum Gasteiger partial charge on any atom is -0.343 e. The van der Waals surface area contributed by atoms with Crippen molar-refractivity contribution in [2.75, 3.05) is 26.2 Å². The molecular weight excluding hydrogens is 399 g/mol. The molecule has 1 saturated heterocycles. The van der Waals surface area contributed by atoms with E-state index in [0.29, 0.717) is 12.3 Å². The predicted octanol–water partition coefficient (Wildman–Crippen LogP) is 4.31. The second-order valence-electron chi connectivity index (χ2n) is 5.87. The van der Waals surface area contributed by atoms with Crippen molar-refractivity contribution in [3.8, 4) is 0 Å². The lowest BCUT2D eigenvalue weighted by atomic mass is 9.96. The van der Waals surface area contributed by atoms with Gasteiger partial charge in [-0.25, -0.2) is 0 Å². The van der Waals surface area contributed by atoms with Gasteiger partial charge in [0, 0.05) is 29.0 Å². The Balaban J connectivity index is 0.00000264. The summed E-state index contributed by atoms with van der Waals surface area (Å²) in [5.41, 5.74) is 1.10. The number of benzene rings is 1. The summed E-state index contributed by atoms with van der Waals surface area (Å²) < 4.78 is 1.02. The maximum Gasteiger partial charge on any atom is 0.222 e. The van der Waals surface area contributed by atoms with Crippen molar-refractivity contribution in [3.05, 3.63) is 33.3 Å². The molecule has 1 aromatic carbocycles. The number of carbonyl (C=O) groups excluding carboxylic acids is 1. The van der Waals surface area contributed by atoms with Crippen LogP contribution in [0.3, 0.4) is 0 Å². The van der Waals surface area contributed by atoms with E-state index in [2.05, 4.69) is 28.2 Å². The highest BCUT2D eigenvalue weighted by Crippen LogP contribution is 2.23. The Hall–Kier alpha value is -0.290. The molecular formula is C17H25BrCl2N2O.